The Labute approximate surface area is 163 Å². The SMILES string of the molecule is CCOc1ccc(N2C(=O)c3ccccc3N[C@@H]2c2ccc(C#N)cc2)cc1. The number of fused-ring (bicyclic) bond motifs is 1. The van der Waals surface area contributed by atoms with Crippen molar-refractivity contribution in [3.05, 3.63) is 89.5 Å². The first kappa shape index (κ1) is 17.6. The molecule has 3 aromatic carbocycles. The lowest BCUT2D eigenvalue weighted by atomic mass is 10.0. The molecule has 0 spiro atoms. The summed E-state index contributed by atoms with van der Waals surface area (Å²) in [6.45, 7) is 2.52. The fraction of sp³-hybridized carbons (Fsp3) is 0.130. The number of para-hydroxylation sites is 1. The lowest BCUT2D eigenvalue weighted by molar-refractivity contribution is 0.0975. The van der Waals surface area contributed by atoms with Crippen molar-refractivity contribution in [1.29, 1.82) is 5.26 Å². The molecule has 4 rings (SSSR count). The van der Waals surface area contributed by atoms with Gasteiger partial charge >= 0.3 is 0 Å². The highest BCUT2D eigenvalue weighted by Crippen LogP contribution is 2.37. The van der Waals surface area contributed by atoms with E-state index in [1.165, 1.54) is 0 Å². The normalized spacial score (nSPS) is 15.4. The molecule has 0 bridgehead atoms. The fourth-order valence-electron chi connectivity index (χ4n) is 3.36. The van der Waals surface area contributed by atoms with Crippen molar-refractivity contribution < 1.29 is 9.53 Å². The van der Waals surface area contributed by atoms with Gasteiger partial charge in [-0.3, -0.25) is 9.69 Å². The Morgan fingerprint density at radius 1 is 1.04 bits per heavy atom. The molecule has 138 valence electrons. The second kappa shape index (κ2) is 7.45. The van der Waals surface area contributed by atoms with E-state index < -0.39 is 0 Å². The molecule has 28 heavy (non-hydrogen) atoms. The van der Waals surface area contributed by atoms with E-state index in [-0.39, 0.29) is 12.1 Å². The molecule has 0 radical (unpaired) electrons. The Morgan fingerprint density at radius 3 is 2.43 bits per heavy atom. The molecule has 5 nitrogen and oxygen atoms in total. The summed E-state index contributed by atoms with van der Waals surface area (Å²) in [5, 5.41) is 12.5. The standard InChI is InChI=1S/C23H19N3O2/c1-2-28-19-13-11-18(12-14-19)26-22(17-9-7-16(15-24)8-10-17)25-21-6-4-3-5-20(21)23(26)27/h3-14,22,25H,2H2,1H3/t22-/m0/s1. The molecular formula is C23H19N3O2. The van der Waals surface area contributed by atoms with Crippen molar-refractivity contribution in [2.75, 3.05) is 16.8 Å². The van der Waals surface area contributed by atoms with Crippen LogP contribution in [0.5, 0.6) is 5.75 Å². The molecule has 1 N–H and O–H groups in total. The maximum atomic E-state index is 13.3. The molecule has 1 heterocycles. The highest BCUT2D eigenvalue weighted by atomic mass is 16.5. The Bertz CT molecular complexity index is 1040. The lowest BCUT2D eigenvalue weighted by Gasteiger charge is -2.38. The summed E-state index contributed by atoms with van der Waals surface area (Å²) in [5.74, 6) is 0.687. The third kappa shape index (κ3) is 3.17. The number of nitrogens with one attached hydrogen (secondary N) is 1. The van der Waals surface area contributed by atoms with Crippen LogP contribution in [0.2, 0.25) is 0 Å². The van der Waals surface area contributed by atoms with Gasteiger partial charge in [0.05, 0.1) is 23.8 Å². The Morgan fingerprint density at radius 2 is 1.75 bits per heavy atom. The van der Waals surface area contributed by atoms with Crippen molar-refractivity contribution in [3.8, 4) is 11.8 Å². The number of carbonyl (C=O) groups excluding carboxylic acids is 1. The van der Waals surface area contributed by atoms with E-state index in [2.05, 4.69) is 11.4 Å². The largest absolute Gasteiger partial charge is 0.494 e. The molecule has 1 atom stereocenters. The molecule has 0 aromatic heterocycles. The van der Waals surface area contributed by atoms with E-state index in [4.69, 9.17) is 10.00 Å². The van der Waals surface area contributed by atoms with Gasteiger partial charge in [0.15, 0.2) is 0 Å². The van der Waals surface area contributed by atoms with Gasteiger partial charge in [0.25, 0.3) is 5.91 Å². The molecule has 0 saturated carbocycles. The van der Waals surface area contributed by atoms with Crippen LogP contribution in [0.4, 0.5) is 11.4 Å². The van der Waals surface area contributed by atoms with Crippen LogP contribution in [-0.4, -0.2) is 12.5 Å². The zero-order chi connectivity index (χ0) is 19.5. The number of ether oxygens (including phenoxy) is 1. The van der Waals surface area contributed by atoms with Crippen molar-refractivity contribution >= 4 is 17.3 Å². The third-order valence-corrected chi connectivity index (χ3v) is 4.71. The van der Waals surface area contributed by atoms with Crippen molar-refractivity contribution in [1.82, 2.24) is 0 Å². The smallest absolute Gasteiger partial charge is 0.262 e. The summed E-state index contributed by atoms with van der Waals surface area (Å²) in [5.41, 5.74) is 3.67. The van der Waals surface area contributed by atoms with Crippen LogP contribution in [0.25, 0.3) is 0 Å². The predicted octanol–water partition coefficient (Wildman–Crippen LogP) is 4.73. The van der Waals surface area contributed by atoms with Crippen LogP contribution in [0.1, 0.15) is 34.6 Å². The number of hydrogen-bond acceptors (Lipinski definition) is 4. The average Bonchev–Trinajstić information content (AvgIpc) is 2.75. The molecule has 0 fully saturated rings. The number of amides is 1. The van der Waals surface area contributed by atoms with Crippen LogP contribution in [-0.2, 0) is 0 Å². The van der Waals surface area contributed by atoms with Crippen molar-refractivity contribution in [3.63, 3.8) is 0 Å². The van der Waals surface area contributed by atoms with Crippen molar-refractivity contribution in [2.24, 2.45) is 0 Å². The molecule has 1 amide bonds. The number of carbonyl (C=O) groups is 1. The van der Waals surface area contributed by atoms with Gasteiger partial charge < -0.3 is 10.1 Å². The van der Waals surface area contributed by atoms with Crippen LogP contribution in [0.3, 0.4) is 0 Å². The van der Waals surface area contributed by atoms with E-state index in [1.54, 1.807) is 17.0 Å². The molecule has 5 heteroatoms. The minimum Gasteiger partial charge on any atom is -0.494 e. The van der Waals surface area contributed by atoms with Crippen LogP contribution >= 0.6 is 0 Å². The van der Waals surface area contributed by atoms with Crippen LogP contribution in [0, 0.1) is 11.3 Å². The Hall–Kier alpha value is -3.78. The molecule has 0 saturated heterocycles. The number of rotatable bonds is 4. The summed E-state index contributed by atoms with van der Waals surface area (Å²) < 4.78 is 5.52. The third-order valence-electron chi connectivity index (χ3n) is 4.71. The van der Waals surface area contributed by atoms with Gasteiger partial charge in [-0.2, -0.15) is 5.26 Å². The van der Waals surface area contributed by atoms with Crippen LogP contribution < -0.4 is 15.0 Å². The molecule has 1 aliphatic rings. The second-order valence-electron chi connectivity index (χ2n) is 6.43. The minimum absolute atomic E-state index is 0.0760. The number of nitriles is 1. The Balaban J connectivity index is 1.78. The zero-order valence-electron chi connectivity index (χ0n) is 15.4. The summed E-state index contributed by atoms with van der Waals surface area (Å²) in [6.07, 6.45) is -0.381. The number of benzene rings is 3. The summed E-state index contributed by atoms with van der Waals surface area (Å²) in [7, 11) is 0. The Kier molecular flexibility index (Phi) is 4.69. The van der Waals surface area contributed by atoms with Gasteiger partial charge in [-0.05, 0) is 61.0 Å². The van der Waals surface area contributed by atoms with Gasteiger partial charge in [0.2, 0.25) is 0 Å². The maximum absolute atomic E-state index is 13.3. The van der Waals surface area contributed by atoms with E-state index in [9.17, 15) is 4.79 Å². The number of nitrogens with zero attached hydrogens (tertiary/aromatic N) is 2. The molecule has 1 aliphatic heterocycles. The fourth-order valence-corrected chi connectivity index (χ4v) is 3.36. The summed E-state index contributed by atoms with van der Waals surface area (Å²) in [6, 6.07) is 24.4. The predicted molar refractivity (Wildman–Crippen MR) is 108 cm³/mol. The van der Waals surface area contributed by atoms with Crippen molar-refractivity contribution in [2.45, 2.75) is 13.1 Å². The molecule has 3 aromatic rings. The van der Waals surface area contributed by atoms with Gasteiger partial charge in [-0.25, -0.2) is 0 Å². The monoisotopic (exact) mass is 369 g/mol. The van der Waals surface area contributed by atoms with E-state index in [0.717, 1.165) is 22.7 Å². The van der Waals surface area contributed by atoms with Gasteiger partial charge in [0, 0.05) is 11.4 Å². The first-order chi connectivity index (χ1) is 13.7. The number of anilines is 2. The van der Waals surface area contributed by atoms with Crippen LogP contribution in [0.15, 0.2) is 72.8 Å². The quantitative estimate of drug-likeness (QED) is 0.722. The van der Waals surface area contributed by atoms with E-state index >= 15 is 0 Å². The van der Waals surface area contributed by atoms with Gasteiger partial charge in [0.1, 0.15) is 11.9 Å². The van der Waals surface area contributed by atoms with Gasteiger partial charge in [-0.1, -0.05) is 24.3 Å². The lowest BCUT2D eigenvalue weighted by Crippen LogP contribution is -2.43. The summed E-state index contributed by atoms with van der Waals surface area (Å²) >= 11 is 0. The molecular weight excluding hydrogens is 350 g/mol. The van der Waals surface area contributed by atoms with E-state index in [0.29, 0.717) is 17.7 Å². The highest BCUT2D eigenvalue weighted by molar-refractivity contribution is 6.12. The number of hydrogen-bond donors (Lipinski definition) is 1. The minimum atomic E-state index is -0.381. The highest BCUT2D eigenvalue weighted by Gasteiger charge is 2.33. The topological polar surface area (TPSA) is 65.4 Å². The average molecular weight is 369 g/mol. The first-order valence-electron chi connectivity index (χ1n) is 9.13. The van der Waals surface area contributed by atoms with Gasteiger partial charge in [-0.15, -0.1) is 0 Å². The molecule has 0 aliphatic carbocycles. The maximum Gasteiger partial charge on any atom is 0.262 e. The second-order valence-corrected chi connectivity index (χ2v) is 6.43. The molecule has 0 unspecified atom stereocenters. The zero-order valence-corrected chi connectivity index (χ0v) is 15.4. The first-order valence-corrected chi connectivity index (χ1v) is 9.13. The summed E-state index contributed by atoms with van der Waals surface area (Å²) in [4.78, 5) is 15.1. The van der Waals surface area contributed by atoms with E-state index in [1.807, 2.05) is 67.6 Å².